The third-order valence-corrected chi connectivity index (χ3v) is 10.00. The lowest BCUT2D eigenvalue weighted by Crippen LogP contribution is -2.25. The van der Waals surface area contributed by atoms with Crippen molar-refractivity contribution in [2.45, 2.75) is 61.4 Å². The van der Waals surface area contributed by atoms with Crippen LogP contribution in [0.15, 0.2) is 40.1 Å². The van der Waals surface area contributed by atoms with Crippen molar-refractivity contribution in [2.24, 2.45) is 0 Å². The lowest BCUT2D eigenvalue weighted by molar-refractivity contribution is 1.10. The Kier molecular flexibility index (Phi) is 8.36. The summed E-state index contributed by atoms with van der Waals surface area (Å²) in [6, 6.07) is 10.4. The van der Waals surface area contributed by atoms with Crippen molar-refractivity contribution in [3.8, 4) is 0 Å². The highest BCUT2D eigenvalue weighted by Gasteiger charge is 2.57. The van der Waals surface area contributed by atoms with Crippen LogP contribution < -0.4 is 4.90 Å². The minimum Gasteiger partial charge on any atom is -0.330 e. The maximum absolute atomic E-state index is 5.86. The van der Waals surface area contributed by atoms with Crippen LogP contribution in [0.1, 0.15) is 41.5 Å². The van der Waals surface area contributed by atoms with Gasteiger partial charge < -0.3 is 4.90 Å². The van der Waals surface area contributed by atoms with Gasteiger partial charge in [-0.2, -0.15) is 0 Å². The van der Waals surface area contributed by atoms with Crippen LogP contribution in [0.5, 0.6) is 0 Å². The molecule has 144 valence electrons. The van der Waals surface area contributed by atoms with E-state index in [0.29, 0.717) is 15.7 Å². The predicted octanol–water partition coefficient (Wildman–Crippen LogP) is 7.49. The molecule has 26 heavy (non-hydrogen) atoms. The van der Waals surface area contributed by atoms with Gasteiger partial charge in [-0.25, -0.2) is 0 Å². The number of thiocarbonyl (C=S) groups is 1. The van der Waals surface area contributed by atoms with Crippen LogP contribution in [0.4, 0.5) is 5.69 Å². The van der Waals surface area contributed by atoms with Crippen molar-refractivity contribution in [3.63, 3.8) is 0 Å². The summed E-state index contributed by atoms with van der Waals surface area (Å²) in [7, 11) is 2.07. The summed E-state index contributed by atoms with van der Waals surface area (Å²) < 4.78 is 0.948. The quantitative estimate of drug-likeness (QED) is 0.300. The summed E-state index contributed by atoms with van der Waals surface area (Å²) in [6.45, 7) is 13.7. The van der Waals surface area contributed by atoms with E-state index in [1.807, 2.05) is 53.1 Å². The third kappa shape index (κ3) is 5.63. The Hall–Kier alpha value is 0.250. The lowest BCUT2D eigenvalue weighted by atomic mass is 10.3. The van der Waals surface area contributed by atoms with E-state index < -0.39 is 0 Å². The number of para-hydroxylation sites is 1. The molecule has 0 radical (unpaired) electrons. The summed E-state index contributed by atoms with van der Waals surface area (Å²) in [5.74, 6) is 0. The second-order valence-electron chi connectivity index (χ2n) is 7.04. The van der Waals surface area contributed by atoms with Gasteiger partial charge in [0.15, 0.2) is 0 Å². The third-order valence-electron chi connectivity index (χ3n) is 3.50. The Morgan fingerprint density at radius 1 is 0.885 bits per heavy atom. The maximum Gasteiger partial charge on any atom is 0.142 e. The summed E-state index contributed by atoms with van der Waals surface area (Å²) in [4.78, 5) is 5.19. The molecule has 0 bridgehead atoms. The molecule has 0 unspecified atom stereocenters. The molecule has 0 heterocycles. The number of hydrogen-bond donors (Lipinski definition) is 0. The van der Waals surface area contributed by atoms with Crippen molar-refractivity contribution < 1.29 is 0 Å². The molecule has 0 spiro atoms. The first-order chi connectivity index (χ1) is 12.2. The molecule has 1 aliphatic rings. The maximum atomic E-state index is 5.86. The monoisotopic (exact) mass is 443 g/mol. The molecule has 1 nitrogen and oxygen atoms in total. The Morgan fingerprint density at radius 2 is 1.38 bits per heavy atom. The summed E-state index contributed by atoms with van der Waals surface area (Å²) in [5, 5.41) is 1.73. The van der Waals surface area contributed by atoms with Gasteiger partial charge in [0.05, 0.1) is 0 Å². The van der Waals surface area contributed by atoms with Gasteiger partial charge in [0.1, 0.15) is 8.40 Å². The van der Waals surface area contributed by atoms with Crippen molar-refractivity contribution in [1.82, 2.24) is 0 Å². The van der Waals surface area contributed by atoms with E-state index in [4.69, 9.17) is 12.2 Å². The molecule has 6 heteroatoms. The van der Waals surface area contributed by atoms with Crippen molar-refractivity contribution in [1.29, 1.82) is 0 Å². The molecule has 0 fully saturated rings. The van der Waals surface area contributed by atoms with Gasteiger partial charge in [0.2, 0.25) is 0 Å². The van der Waals surface area contributed by atoms with E-state index in [1.165, 1.54) is 9.81 Å². The Labute approximate surface area is 181 Å². The highest BCUT2D eigenvalue weighted by atomic mass is 32.2. The summed E-state index contributed by atoms with van der Waals surface area (Å²) in [6.07, 6.45) is 0. The minimum absolute atomic E-state index is 0.0121. The normalized spacial score (nSPS) is 15.9. The highest BCUT2D eigenvalue weighted by molar-refractivity contribution is 8.34. The van der Waals surface area contributed by atoms with Gasteiger partial charge in [0, 0.05) is 38.3 Å². The van der Waals surface area contributed by atoms with E-state index in [-0.39, 0.29) is 4.08 Å². The van der Waals surface area contributed by atoms with E-state index in [2.05, 4.69) is 77.8 Å². The minimum atomic E-state index is 0.0121. The molecule has 0 N–H and O–H groups in total. The van der Waals surface area contributed by atoms with Crippen molar-refractivity contribution in [3.05, 3.63) is 40.1 Å². The van der Waals surface area contributed by atoms with Crippen LogP contribution in [0.25, 0.3) is 0 Å². The first kappa shape index (κ1) is 22.5. The SMILES string of the molecule is CC(C)SC1=C(SC(C)C)C1(SC(=S)N(C)c1ccccc1)SC(C)C. The zero-order valence-corrected chi connectivity index (χ0v) is 20.7. The molecule has 0 atom stereocenters. The van der Waals surface area contributed by atoms with Crippen molar-refractivity contribution >= 4 is 69.3 Å². The fourth-order valence-corrected chi connectivity index (χ4v) is 9.55. The number of benzene rings is 1. The Morgan fingerprint density at radius 3 is 1.81 bits per heavy atom. The fourth-order valence-electron chi connectivity index (χ4n) is 2.44. The molecular formula is C20H29NS5. The topological polar surface area (TPSA) is 3.24 Å². The zero-order valence-electron chi connectivity index (χ0n) is 16.6. The van der Waals surface area contributed by atoms with Crippen LogP contribution >= 0.6 is 59.3 Å². The van der Waals surface area contributed by atoms with Crippen LogP contribution in [-0.4, -0.2) is 31.2 Å². The molecule has 1 aromatic rings. The molecular weight excluding hydrogens is 415 g/mol. The van der Waals surface area contributed by atoms with Crippen LogP contribution in [-0.2, 0) is 0 Å². The first-order valence-corrected chi connectivity index (χ1v) is 12.8. The van der Waals surface area contributed by atoms with Crippen LogP contribution in [0.3, 0.4) is 0 Å². The summed E-state index contributed by atoms with van der Waals surface area (Å²) in [5.41, 5.74) is 1.14. The van der Waals surface area contributed by atoms with E-state index in [0.717, 1.165) is 10.0 Å². The number of anilines is 1. The average molecular weight is 444 g/mol. The van der Waals surface area contributed by atoms with Crippen LogP contribution in [0, 0.1) is 0 Å². The smallest absolute Gasteiger partial charge is 0.142 e. The van der Waals surface area contributed by atoms with Crippen molar-refractivity contribution in [2.75, 3.05) is 11.9 Å². The van der Waals surface area contributed by atoms with Gasteiger partial charge >= 0.3 is 0 Å². The second-order valence-corrected chi connectivity index (χ2v) is 14.1. The number of rotatable bonds is 8. The molecule has 0 aliphatic heterocycles. The van der Waals surface area contributed by atoms with Gasteiger partial charge in [-0.05, 0) is 12.1 Å². The Balaban J connectivity index is 2.23. The van der Waals surface area contributed by atoms with Gasteiger partial charge in [-0.15, -0.1) is 35.3 Å². The number of hydrogen-bond acceptors (Lipinski definition) is 5. The van der Waals surface area contributed by atoms with Gasteiger partial charge in [-0.3, -0.25) is 0 Å². The predicted molar refractivity (Wildman–Crippen MR) is 133 cm³/mol. The standard InChI is InChI=1S/C20H29NS5/c1-13(2)23-17-18(24-14(3)4)20(17,25-15(5)6)26-19(22)21(7)16-11-9-8-10-12-16/h8-15H,1-7H3. The second kappa shape index (κ2) is 9.64. The highest BCUT2D eigenvalue weighted by Crippen LogP contribution is 2.71. The molecule has 0 saturated carbocycles. The lowest BCUT2D eigenvalue weighted by Gasteiger charge is -2.27. The molecule has 0 saturated heterocycles. The van der Waals surface area contributed by atoms with E-state index >= 15 is 0 Å². The van der Waals surface area contributed by atoms with Crippen LogP contribution in [0.2, 0.25) is 0 Å². The zero-order chi connectivity index (χ0) is 19.5. The molecule has 0 aromatic heterocycles. The molecule has 1 aliphatic carbocycles. The van der Waals surface area contributed by atoms with E-state index in [9.17, 15) is 0 Å². The number of thioether (sulfide) groups is 4. The van der Waals surface area contributed by atoms with Gasteiger partial charge in [0.25, 0.3) is 0 Å². The Bertz CT molecular complexity index is 631. The fraction of sp³-hybridized carbons (Fsp3) is 0.550. The average Bonchev–Trinajstić information content (AvgIpc) is 3.09. The molecule has 1 aromatic carbocycles. The van der Waals surface area contributed by atoms with E-state index in [1.54, 1.807) is 0 Å². The molecule has 2 rings (SSSR count). The van der Waals surface area contributed by atoms with Gasteiger partial charge in [-0.1, -0.05) is 83.7 Å². The number of nitrogens with zero attached hydrogens (tertiary/aromatic N) is 1. The largest absolute Gasteiger partial charge is 0.330 e. The summed E-state index contributed by atoms with van der Waals surface area (Å²) >= 11 is 13.8. The first-order valence-electron chi connectivity index (χ1n) is 8.95. The molecule has 0 amide bonds.